The molecule has 0 saturated carbocycles. The van der Waals surface area contributed by atoms with Crippen molar-refractivity contribution in [3.8, 4) is 0 Å². The van der Waals surface area contributed by atoms with E-state index >= 15 is 0 Å². The summed E-state index contributed by atoms with van der Waals surface area (Å²) in [5.41, 5.74) is 0.501. The Morgan fingerprint density at radius 3 is 2.35 bits per heavy atom. The highest BCUT2D eigenvalue weighted by molar-refractivity contribution is 6.04. The highest BCUT2D eigenvalue weighted by Crippen LogP contribution is 2.30. The summed E-state index contributed by atoms with van der Waals surface area (Å²) in [4.78, 5) is 25.5. The van der Waals surface area contributed by atoms with Crippen LogP contribution in [-0.2, 0) is 23.9 Å². The number of nitrogens with one attached hydrogen (secondary N) is 1. The van der Waals surface area contributed by atoms with Gasteiger partial charge in [-0.3, -0.25) is 9.69 Å². The lowest BCUT2D eigenvalue weighted by Gasteiger charge is -2.14. The van der Waals surface area contributed by atoms with Crippen molar-refractivity contribution in [3.63, 3.8) is 0 Å². The van der Waals surface area contributed by atoms with Crippen molar-refractivity contribution in [2.45, 2.75) is 31.6 Å². The summed E-state index contributed by atoms with van der Waals surface area (Å²) < 4.78 is 38.4. The Morgan fingerprint density at radius 2 is 1.65 bits per heavy atom. The molecule has 0 spiro atoms. The molecule has 136 valence electrons. The van der Waals surface area contributed by atoms with Crippen molar-refractivity contribution in [3.05, 3.63) is 71.3 Å². The van der Waals surface area contributed by atoms with E-state index in [0.717, 1.165) is 22.6 Å². The van der Waals surface area contributed by atoms with E-state index in [1.807, 2.05) is 30.3 Å². The second kappa shape index (κ2) is 7.19. The molecule has 0 radical (unpaired) electrons. The van der Waals surface area contributed by atoms with Crippen LogP contribution in [0.2, 0.25) is 0 Å². The van der Waals surface area contributed by atoms with E-state index in [1.165, 1.54) is 12.1 Å². The summed E-state index contributed by atoms with van der Waals surface area (Å²) in [5.74, 6) is -0.414. The molecule has 1 heterocycles. The number of rotatable bonds is 5. The van der Waals surface area contributed by atoms with E-state index in [1.54, 1.807) is 0 Å². The van der Waals surface area contributed by atoms with E-state index < -0.39 is 29.7 Å². The van der Waals surface area contributed by atoms with Crippen LogP contribution in [0.4, 0.5) is 18.0 Å². The van der Waals surface area contributed by atoms with E-state index in [4.69, 9.17) is 0 Å². The van der Waals surface area contributed by atoms with E-state index in [-0.39, 0.29) is 12.1 Å². The average Bonchev–Trinajstić information content (AvgIpc) is 2.88. The lowest BCUT2D eigenvalue weighted by molar-refractivity contribution is -0.137. The Balaban J connectivity index is 1.66. The van der Waals surface area contributed by atoms with Crippen molar-refractivity contribution in [2.75, 3.05) is 0 Å². The number of nitrogens with zero attached hydrogens (tertiary/aromatic N) is 1. The molecule has 0 unspecified atom stereocenters. The fourth-order valence-corrected chi connectivity index (χ4v) is 2.91. The van der Waals surface area contributed by atoms with E-state index in [2.05, 4.69) is 5.32 Å². The number of aryl methyl sites for hydroxylation is 1. The molecular formula is C19H17F3N2O2. The van der Waals surface area contributed by atoms with Crippen LogP contribution >= 0.6 is 0 Å². The SMILES string of the molecule is O=C1N[C@H](CCc2ccccc2)C(=O)N1Cc1cccc(C(F)(F)F)c1. The number of hydrogen-bond donors (Lipinski definition) is 1. The molecule has 1 atom stereocenters. The number of halogens is 3. The summed E-state index contributed by atoms with van der Waals surface area (Å²) >= 11 is 0. The molecule has 3 amide bonds. The van der Waals surface area contributed by atoms with Gasteiger partial charge in [0.1, 0.15) is 6.04 Å². The quantitative estimate of drug-likeness (QED) is 0.824. The molecule has 2 aromatic rings. The fourth-order valence-electron chi connectivity index (χ4n) is 2.91. The largest absolute Gasteiger partial charge is 0.416 e. The van der Waals surface area contributed by atoms with Gasteiger partial charge in [0.05, 0.1) is 12.1 Å². The summed E-state index contributed by atoms with van der Waals surface area (Å²) in [6.07, 6.45) is -3.41. The van der Waals surface area contributed by atoms with Crippen molar-refractivity contribution >= 4 is 11.9 Å². The lowest BCUT2D eigenvalue weighted by atomic mass is 10.1. The molecule has 1 N–H and O–H groups in total. The van der Waals surface area contributed by atoms with Gasteiger partial charge in [0, 0.05) is 0 Å². The number of hydrogen-bond acceptors (Lipinski definition) is 2. The Morgan fingerprint density at radius 1 is 0.962 bits per heavy atom. The van der Waals surface area contributed by atoms with Crippen LogP contribution in [-0.4, -0.2) is 22.9 Å². The minimum Gasteiger partial charge on any atom is -0.326 e. The highest BCUT2D eigenvalue weighted by Gasteiger charge is 2.38. The van der Waals surface area contributed by atoms with Gasteiger partial charge in [0.25, 0.3) is 5.91 Å². The first-order valence-electron chi connectivity index (χ1n) is 8.16. The molecule has 4 nitrogen and oxygen atoms in total. The van der Waals surface area contributed by atoms with Gasteiger partial charge in [0.2, 0.25) is 0 Å². The molecule has 2 aromatic carbocycles. The van der Waals surface area contributed by atoms with Crippen molar-refractivity contribution in [1.29, 1.82) is 0 Å². The first kappa shape index (κ1) is 18.0. The van der Waals surface area contributed by atoms with Gasteiger partial charge in [-0.15, -0.1) is 0 Å². The summed E-state index contributed by atoms with van der Waals surface area (Å²) in [7, 11) is 0. The number of carbonyl (C=O) groups is 2. The van der Waals surface area contributed by atoms with Gasteiger partial charge >= 0.3 is 12.2 Å². The zero-order valence-corrected chi connectivity index (χ0v) is 13.8. The molecule has 1 saturated heterocycles. The van der Waals surface area contributed by atoms with Gasteiger partial charge < -0.3 is 5.32 Å². The molecule has 1 fully saturated rings. The average molecular weight is 362 g/mol. The van der Waals surface area contributed by atoms with Crippen molar-refractivity contribution in [2.24, 2.45) is 0 Å². The van der Waals surface area contributed by atoms with E-state index in [9.17, 15) is 22.8 Å². The van der Waals surface area contributed by atoms with Crippen LogP contribution in [0.3, 0.4) is 0 Å². The third kappa shape index (κ3) is 4.04. The van der Waals surface area contributed by atoms with Gasteiger partial charge in [-0.1, -0.05) is 42.5 Å². The third-order valence-corrected chi connectivity index (χ3v) is 4.27. The molecule has 3 rings (SSSR count). The number of benzene rings is 2. The lowest BCUT2D eigenvalue weighted by Crippen LogP contribution is -2.31. The maximum absolute atomic E-state index is 12.8. The molecule has 1 aliphatic heterocycles. The topological polar surface area (TPSA) is 49.4 Å². The van der Waals surface area contributed by atoms with Gasteiger partial charge in [0.15, 0.2) is 0 Å². The maximum Gasteiger partial charge on any atom is 0.416 e. The zero-order valence-electron chi connectivity index (χ0n) is 13.8. The van der Waals surface area contributed by atoms with Gasteiger partial charge in [-0.05, 0) is 36.1 Å². The van der Waals surface area contributed by atoms with Gasteiger partial charge in [-0.2, -0.15) is 13.2 Å². The molecule has 0 bridgehead atoms. The molecule has 26 heavy (non-hydrogen) atoms. The number of alkyl halides is 3. The Bertz CT molecular complexity index is 806. The standard InChI is InChI=1S/C19H17F3N2O2/c20-19(21,22)15-8-4-7-14(11-15)12-24-17(25)16(23-18(24)26)10-9-13-5-2-1-3-6-13/h1-8,11,16H,9-10,12H2,(H,23,26)/t16-/m1/s1. The predicted octanol–water partition coefficient (Wildman–Crippen LogP) is 3.76. The zero-order chi connectivity index (χ0) is 18.7. The Hall–Kier alpha value is -2.83. The molecule has 7 heteroatoms. The second-order valence-corrected chi connectivity index (χ2v) is 6.15. The van der Waals surface area contributed by atoms with Crippen molar-refractivity contribution < 1.29 is 22.8 Å². The van der Waals surface area contributed by atoms with Crippen LogP contribution < -0.4 is 5.32 Å². The fraction of sp³-hybridized carbons (Fsp3) is 0.263. The van der Waals surface area contributed by atoms with Crippen LogP contribution in [0.5, 0.6) is 0 Å². The molecule has 0 aliphatic carbocycles. The Kier molecular flexibility index (Phi) is 4.97. The first-order chi connectivity index (χ1) is 12.3. The smallest absolute Gasteiger partial charge is 0.326 e. The minimum atomic E-state index is -4.47. The highest BCUT2D eigenvalue weighted by atomic mass is 19.4. The van der Waals surface area contributed by atoms with Gasteiger partial charge in [-0.25, -0.2) is 4.79 Å². The third-order valence-electron chi connectivity index (χ3n) is 4.27. The molecular weight excluding hydrogens is 345 g/mol. The number of urea groups is 1. The molecule has 1 aliphatic rings. The second-order valence-electron chi connectivity index (χ2n) is 6.15. The van der Waals surface area contributed by atoms with Crippen molar-refractivity contribution in [1.82, 2.24) is 10.2 Å². The number of carbonyl (C=O) groups excluding carboxylic acids is 2. The number of amides is 3. The minimum absolute atomic E-state index is 0.184. The summed E-state index contributed by atoms with van der Waals surface area (Å²) in [6.45, 7) is -0.184. The normalized spacial score (nSPS) is 17.5. The van der Waals surface area contributed by atoms with Crippen LogP contribution in [0.15, 0.2) is 54.6 Å². The summed E-state index contributed by atoms with van der Waals surface area (Å²) in [5, 5.41) is 2.60. The predicted molar refractivity (Wildman–Crippen MR) is 89.1 cm³/mol. The summed E-state index contributed by atoms with van der Waals surface area (Å²) in [6, 6.07) is 13.0. The van der Waals surface area contributed by atoms with Crippen LogP contribution in [0.1, 0.15) is 23.1 Å². The van der Waals surface area contributed by atoms with Crippen LogP contribution in [0, 0.1) is 0 Å². The first-order valence-corrected chi connectivity index (χ1v) is 8.16. The monoisotopic (exact) mass is 362 g/mol. The number of imide groups is 1. The molecule has 0 aromatic heterocycles. The van der Waals surface area contributed by atoms with E-state index in [0.29, 0.717) is 12.8 Å². The maximum atomic E-state index is 12.8. The Labute approximate surface area is 148 Å². The van der Waals surface area contributed by atoms with Crippen LogP contribution in [0.25, 0.3) is 0 Å².